The number of amides is 1. The van der Waals surface area contributed by atoms with Crippen molar-refractivity contribution in [3.63, 3.8) is 0 Å². The van der Waals surface area contributed by atoms with E-state index in [-0.39, 0.29) is 5.92 Å². The quantitative estimate of drug-likeness (QED) is 0.890. The Morgan fingerprint density at radius 1 is 0.960 bits per heavy atom. The van der Waals surface area contributed by atoms with E-state index in [0.717, 1.165) is 38.3 Å². The molecule has 1 atom stereocenters. The Bertz CT molecular complexity index is 661. The highest BCUT2D eigenvalue weighted by molar-refractivity contribution is 5.84. The molecule has 1 heterocycles. The fourth-order valence-corrected chi connectivity index (χ4v) is 3.77. The summed E-state index contributed by atoms with van der Waals surface area (Å²) in [7, 11) is 0. The van der Waals surface area contributed by atoms with E-state index in [2.05, 4.69) is 61.2 Å². The van der Waals surface area contributed by atoms with Gasteiger partial charge in [0.1, 0.15) is 6.54 Å². The van der Waals surface area contributed by atoms with Crippen LogP contribution in [0.4, 0.5) is 0 Å². The number of rotatable bonds is 5. The number of nitrogens with one attached hydrogen (secondary N) is 1. The van der Waals surface area contributed by atoms with Crippen molar-refractivity contribution in [2.45, 2.75) is 26.3 Å². The molecule has 1 N–H and O–H groups in total. The fraction of sp³-hybridized carbons (Fsp3) is 0.409. The first-order valence-electron chi connectivity index (χ1n) is 9.36. The zero-order valence-corrected chi connectivity index (χ0v) is 15.3. The minimum Gasteiger partial charge on any atom is -0.331 e. The average Bonchev–Trinajstić information content (AvgIpc) is 2.64. The van der Waals surface area contributed by atoms with E-state index in [4.69, 9.17) is 0 Å². The van der Waals surface area contributed by atoms with Gasteiger partial charge in [0.05, 0.1) is 32.1 Å². The first-order valence-corrected chi connectivity index (χ1v) is 9.36. The SMILES string of the molecule is CC(C)C(C(=O)N1CC[NH+](Cc2ccccc2)CC1)c1ccccc1. The molecule has 1 fully saturated rings. The van der Waals surface area contributed by atoms with Crippen molar-refractivity contribution in [3.05, 3.63) is 71.8 Å². The highest BCUT2D eigenvalue weighted by atomic mass is 16.2. The van der Waals surface area contributed by atoms with E-state index in [1.54, 1.807) is 4.90 Å². The third kappa shape index (κ3) is 4.49. The van der Waals surface area contributed by atoms with Gasteiger partial charge in [-0.3, -0.25) is 4.79 Å². The van der Waals surface area contributed by atoms with Gasteiger partial charge in [-0.05, 0) is 11.5 Å². The molecule has 0 aromatic heterocycles. The molecule has 3 nitrogen and oxygen atoms in total. The van der Waals surface area contributed by atoms with Gasteiger partial charge in [0.15, 0.2) is 0 Å². The molecule has 25 heavy (non-hydrogen) atoms. The van der Waals surface area contributed by atoms with Crippen LogP contribution >= 0.6 is 0 Å². The number of quaternary nitrogens is 1. The van der Waals surface area contributed by atoms with E-state index in [1.165, 1.54) is 5.56 Å². The van der Waals surface area contributed by atoms with Gasteiger partial charge in [-0.2, -0.15) is 0 Å². The van der Waals surface area contributed by atoms with Crippen LogP contribution in [0.25, 0.3) is 0 Å². The largest absolute Gasteiger partial charge is 0.331 e. The van der Waals surface area contributed by atoms with E-state index in [1.807, 2.05) is 18.2 Å². The lowest BCUT2D eigenvalue weighted by Gasteiger charge is -2.35. The van der Waals surface area contributed by atoms with Gasteiger partial charge in [-0.1, -0.05) is 74.5 Å². The Labute approximate surface area is 151 Å². The molecule has 132 valence electrons. The third-order valence-corrected chi connectivity index (χ3v) is 5.17. The van der Waals surface area contributed by atoms with Gasteiger partial charge >= 0.3 is 0 Å². The molecule has 1 aliphatic rings. The van der Waals surface area contributed by atoms with Crippen LogP contribution < -0.4 is 4.90 Å². The Morgan fingerprint density at radius 2 is 1.52 bits per heavy atom. The summed E-state index contributed by atoms with van der Waals surface area (Å²) in [6, 6.07) is 20.9. The highest BCUT2D eigenvalue weighted by Gasteiger charge is 2.31. The molecule has 0 spiro atoms. The van der Waals surface area contributed by atoms with Crippen LogP contribution in [0.5, 0.6) is 0 Å². The van der Waals surface area contributed by atoms with Crippen LogP contribution in [0.2, 0.25) is 0 Å². The lowest BCUT2D eigenvalue weighted by Crippen LogP contribution is -3.13. The highest BCUT2D eigenvalue weighted by Crippen LogP contribution is 2.26. The minimum atomic E-state index is -0.0307. The normalized spacial score (nSPS) is 16.8. The summed E-state index contributed by atoms with van der Waals surface area (Å²) in [5, 5.41) is 0. The van der Waals surface area contributed by atoms with Crippen LogP contribution in [-0.4, -0.2) is 37.0 Å². The molecule has 0 bridgehead atoms. The van der Waals surface area contributed by atoms with Crippen molar-refractivity contribution in [3.8, 4) is 0 Å². The minimum absolute atomic E-state index is 0.0307. The van der Waals surface area contributed by atoms with E-state index >= 15 is 0 Å². The Kier molecular flexibility index (Phi) is 5.87. The second-order valence-corrected chi connectivity index (χ2v) is 7.37. The van der Waals surface area contributed by atoms with Crippen LogP contribution in [0.3, 0.4) is 0 Å². The molecule has 0 aliphatic carbocycles. The smallest absolute Gasteiger partial charge is 0.230 e. The van der Waals surface area contributed by atoms with Gasteiger partial charge in [-0.15, -0.1) is 0 Å². The van der Waals surface area contributed by atoms with Crippen molar-refractivity contribution in [1.82, 2.24) is 4.90 Å². The maximum Gasteiger partial charge on any atom is 0.230 e. The second-order valence-electron chi connectivity index (χ2n) is 7.37. The van der Waals surface area contributed by atoms with Crippen molar-refractivity contribution in [2.75, 3.05) is 26.2 Å². The van der Waals surface area contributed by atoms with E-state index in [0.29, 0.717) is 11.8 Å². The summed E-state index contributed by atoms with van der Waals surface area (Å²) in [5.74, 6) is 0.571. The summed E-state index contributed by atoms with van der Waals surface area (Å²) < 4.78 is 0. The number of carbonyl (C=O) groups excluding carboxylic acids is 1. The van der Waals surface area contributed by atoms with Crippen molar-refractivity contribution in [2.24, 2.45) is 5.92 Å². The lowest BCUT2D eigenvalue weighted by molar-refractivity contribution is -0.917. The molecule has 3 rings (SSSR count). The predicted octanol–water partition coefficient (Wildman–Crippen LogP) is 2.35. The second kappa shape index (κ2) is 8.30. The van der Waals surface area contributed by atoms with Crippen LogP contribution in [0, 0.1) is 5.92 Å². The van der Waals surface area contributed by atoms with Gasteiger partial charge in [0.2, 0.25) is 5.91 Å². The van der Waals surface area contributed by atoms with Crippen LogP contribution in [-0.2, 0) is 11.3 Å². The molecular weight excluding hydrogens is 308 g/mol. The summed E-state index contributed by atoms with van der Waals surface area (Å²) in [4.78, 5) is 16.8. The van der Waals surface area contributed by atoms with Crippen LogP contribution in [0.15, 0.2) is 60.7 Å². The summed E-state index contributed by atoms with van der Waals surface area (Å²) in [6.07, 6.45) is 0. The molecule has 1 amide bonds. The maximum absolute atomic E-state index is 13.1. The lowest BCUT2D eigenvalue weighted by atomic mass is 9.87. The molecule has 0 radical (unpaired) electrons. The molecule has 2 aromatic rings. The molecular formula is C22H29N2O+. The molecule has 0 saturated carbocycles. The molecule has 1 unspecified atom stereocenters. The van der Waals surface area contributed by atoms with Crippen molar-refractivity contribution >= 4 is 5.91 Å². The third-order valence-electron chi connectivity index (χ3n) is 5.17. The standard InChI is InChI=1S/C22H28N2O/c1-18(2)21(20-11-7-4-8-12-20)22(25)24-15-13-23(14-16-24)17-19-9-5-3-6-10-19/h3-12,18,21H,13-17H2,1-2H3/p+1. The predicted molar refractivity (Wildman–Crippen MR) is 101 cm³/mol. The van der Waals surface area contributed by atoms with Crippen molar-refractivity contribution < 1.29 is 9.69 Å². The van der Waals surface area contributed by atoms with Gasteiger partial charge in [0, 0.05) is 5.56 Å². The zero-order chi connectivity index (χ0) is 17.6. The Morgan fingerprint density at radius 3 is 2.08 bits per heavy atom. The molecule has 1 saturated heterocycles. The average molecular weight is 337 g/mol. The first-order chi connectivity index (χ1) is 12.1. The van der Waals surface area contributed by atoms with Gasteiger partial charge < -0.3 is 9.80 Å². The summed E-state index contributed by atoms with van der Waals surface area (Å²) in [5.41, 5.74) is 2.52. The van der Waals surface area contributed by atoms with Gasteiger partial charge in [0.25, 0.3) is 0 Å². The maximum atomic E-state index is 13.1. The number of nitrogens with zero attached hydrogens (tertiary/aromatic N) is 1. The number of piperazine rings is 1. The van der Waals surface area contributed by atoms with E-state index in [9.17, 15) is 4.79 Å². The Balaban J connectivity index is 1.60. The fourth-order valence-electron chi connectivity index (χ4n) is 3.77. The van der Waals surface area contributed by atoms with Crippen molar-refractivity contribution in [1.29, 1.82) is 0 Å². The molecule has 2 aromatic carbocycles. The van der Waals surface area contributed by atoms with Crippen LogP contribution in [0.1, 0.15) is 30.9 Å². The molecule has 3 heteroatoms. The summed E-state index contributed by atoms with van der Waals surface area (Å²) >= 11 is 0. The first kappa shape index (κ1) is 17.7. The number of hydrogen-bond donors (Lipinski definition) is 1. The number of hydrogen-bond acceptors (Lipinski definition) is 1. The van der Waals surface area contributed by atoms with Gasteiger partial charge in [-0.25, -0.2) is 0 Å². The van der Waals surface area contributed by atoms with E-state index < -0.39 is 0 Å². The number of carbonyl (C=O) groups is 1. The topological polar surface area (TPSA) is 24.8 Å². The Hall–Kier alpha value is -2.13. The molecule has 1 aliphatic heterocycles. The monoisotopic (exact) mass is 337 g/mol. The zero-order valence-electron chi connectivity index (χ0n) is 15.3. The summed E-state index contributed by atoms with van der Waals surface area (Å²) in [6.45, 7) is 9.11. The number of benzene rings is 2.